The van der Waals surface area contributed by atoms with E-state index in [-0.39, 0.29) is 69.9 Å². The fourth-order valence-electron chi connectivity index (χ4n) is 3.91. The minimum atomic E-state index is -5.27. The quantitative estimate of drug-likeness (QED) is 0.223. The molecule has 0 radical (unpaired) electrons. The van der Waals surface area contributed by atoms with Crippen molar-refractivity contribution in [2.45, 2.75) is 32.9 Å². The Morgan fingerprint density at radius 3 is 2.51 bits per heavy atom. The third-order valence-corrected chi connectivity index (χ3v) is 5.82. The van der Waals surface area contributed by atoms with E-state index in [1.165, 1.54) is 10.8 Å². The van der Waals surface area contributed by atoms with E-state index < -0.39 is 14.6 Å². The van der Waals surface area contributed by atoms with Gasteiger partial charge in [0.05, 0.1) is 33.5 Å². The molecule has 0 unspecified atom stereocenters. The SMILES string of the molecule is CCCOc1cc2c(c3c(=O)c(-c4ccc(OC)cc4)cn(COP(=O)([O-])[O-])c13)OCCC2.[Na+].[Na+]. The first-order chi connectivity index (χ1) is 15.8. The zero-order chi connectivity index (χ0) is 23.6. The molecule has 4 rings (SSSR count). The van der Waals surface area contributed by atoms with Crippen molar-refractivity contribution < 1.29 is 92.2 Å². The molecular weight excluding hydrogens is 495 g/mol. The number of phosphoric ester groups is 1. The van der Waals surface area contributed by atoms with Crippen molar-refractivity contribution in [3.05, 3.63) is 52.3 Å². The van der Waals surface area contributed by atoms with E-state index in [4.69, 9.17) is 14.2 Å². The van der Waals surface area contributed by atoms with Gasteiger partial charge < -0.3 is 37.7 Å². The summed E-state index contributed by atoms with van der Waals surface area (Å²) in [5.74, 6) is 1.48. The van der Waals surface area contributed by atoms with Gasteiger partial charge in [0.15, 0.2) is 0 Å². The number of benzene rings is 2. The Labute approximate surface area is 247 Å². The van der Waals surface area contributed by atoms with Crippen LogP contribution in [-0.2, 0) is 22.2 Å². The first kappa shape index (κ1) is 30.4. The Morgan fingerprint density at radius 2 is 1.89 bits per heavy atom. The van der Waals surface area contributed by atoms with Crippen LogP contribution in [0.2, 0.25) is 0 Å². The van der Waals surface area contributed by atoms with Crippen LogP contribution < -0.4 is 88.5 Å². The van der Waals surface area contributed by atoms with Crippen LogP contribution in [0.15, 0.2) is 41.3 Å². The smallest absolute Gasteiger partial charge is 0.790 e. The van der Waals surface area contributed by atoms with Crippen molar-refractivity contribution in [1.82, 2.24) is 4.57 Å². The molecule has 0 N–H and O–H groups in total. The number of hydrogen-bond acceptors (Lipinski definition) is 8. The van der Waals surface area contributed by atoms with Gasteiger partial charge in [-0.05, 0) is 48.6 Å². The van der Waals surface area contributed by atoms with Crippen LogP contribution >= 0.6 is 7.82 Å². The second kappa shape index (κ2) is 13.1. The summed E-state index contributed by atoms with van der Waals surface area (Å²) in [6.45, 7) is 2.19. The second-order valence-corrected chi connectivity index (χ2v) is 8.82. The van der Waals surface area contributed by atoms with E-state index >= 15 is 0 Å². The molecule has 2 heterocycles. The molecule has 2 aromatic carbocycles. The van der Waals surface area contributed by atoms with Gasteiger partial charge in [-0.3, -0.25) is 4.79 Å². The summed E-state index contributed by atoms with van der Waals surface area (Å²) in [7, 11) is -3.72. The molecule has 3 aromatic rings. The van der Waals surface area contributed by atoms with Gasteiger partial charge in [-0.25, -0.2) is 0 Å². The molecule has 1 aliphatic rings. The van der Waals surface area contributed by atoms with Crippen molar-refractivity contribution >= 4 is 18.7 Å². The Morgan fingerprint density at radius 1 is 1.17 bits per heavy atom. The summed E-state index contributed by atoms with van der Waals surface area (Å²) >= 11 is 0. The standard InChI is InChI=1S/C23H26NO8P.2Na/c1-3-10-30-19-12-16-5-4-11-31-23(16)20-21(19)24(14-32-33(26,27)28)13-18(22(20)25)15-6-8-17(29-2)9-7-15;;/h6-9,12-13H,3-5,10-11,14H2,1-2H3,(H2,26,27,28);;/q;2*+1/p-2. The molecule has 35 heavy (non-hydrogen) atoms. The van der Waals surface area contributed by atoms with Gasteiger partial charge in [0.2, 0.25) is 5.43 Å². The number of ether oxygens (including phenoxy) is 3. The molecule has 0 atom stereocenters. The second-order valence-electron chi connectivity index (χ2n) is 7.66. The number of rotatable bonds is 8. The van der Waals surface area contributed by atoms with Gasteiger partial charge in [-0.15, -0.1) is 0 Å². The van der Waals surface area contributed by atoms with Crippen molar-refractivity contribution in [2.24, 2.45) is 0 Å². The summed E-state index contributed by atoms with van der Waals surface area (Å²) in [4.78, 5) is 36.2. The topological polar surface area (TPSA) is 122 Å². The predicted octanol–water partition coefficient (Wildman–Crippen LogP) is -3.40. The van der Waals surface area contributed by atoms with E-state index in [0.29, 0.717) is 53.5 Å². The zero-order valence-corrected chi connectivity index (χ0v) is 25.3. The summed E-state index contributed by atoms with van der Waals surface area (Å²) < 4.78 is 34.2. The Kier molecular flexibility index (Phi) is 11.4. The Balaban J connectivity index is 0.00000216. The zero-order valence-electron chi connectivity index (χ0n) is 20.4. The average molecular weight is 519 g/mol. The molecule has 0 amide bonds. The van der Waals surface area contributed by atoms with Crippen LogP contribution in [0.1, 0.15) is 25.3 Å². The molecule has 0 aliphatic carbocycles. The number of phosphoric acid groups is 1. The number of methoxy groups -OCH3 is 1. The fraction of sp³-hybridized carbons (Fsp3) is 0.348. The molecule has 0 saturated carbocycles. The van der Waals surface area contributed by atoms with E-state index in [1.54, 1.807) is 31.4 Å². The Hall–Kier alpha value is -0.840. The largest absolute Gasteiger partial charge is 1.00 e. The van der Waals surface area contributed by atoms with Gasteiger partial charge in [0.1, 0.15) is 29.5 Å². The first-order valence-corrected chi connectivity index (χ1v) is 12.1. The van der Waals surface area contributed by atoms with Crippen LogP contribution in [-0.4, -0.2) is 24.9 Å². The summed E-state index contributed by atoms with van der Waals surface area (Å²) in [6, 6.07) is 8.70. The molecule has 1 aromatic heterocycles. The Bertz CT molecular complexity index is 1270. The van der Waals surface area contributed by atoms with Crippen LogP contribution in [0.5, 0.6) is 17.2 Å². The van der Waals surface area contributed by atoms with Gasteiger partial charge in [-0.2, -0.15) is 0 Å². The van der Waals surface area contributed by atoms with Crippen LogP contribution in [0.4, 0.5) is 0 Å². The maximum atomic E-state index is 13.7. The molecule has 176 valence electrons. The normalized spacial score (nSPS) is 12.7. The summed E-state index contributed by atoms with van der Waals surface area (Å²) in [5, 5.41) is 0.266. The van der Waals surface area contributed by atoms with Crippen molar-refractivity contribution in [3.63, 3.8) is 0 Å². The maximum absolute atomic E-state index is 13.7. The number of nitrogens with zero attached hydrogens (tertiary/aromatic N) is 1. The van der Waals surface area contributed by atoms with Gasteiger partial charge in [0, 0.05) is 11.8 Å². The molecule has 0 bridgehead atoms. The van der Waals surface area contributed by atoms with Crippen molar-refractivity contribution in [3.8, 4) is 28.4 Å². The molecular formula is C23H24NNa2O8P. The number of fused-ring (bicyclic) bond motifs is 3. The van der Waals surface area contributed by atoms with E-state index in [2.05, 4.69) is 4.52 Å². The number of aryl methyl sites for hydroxylation is 1. The van der Waals surface area contributed by atoms with E-state index in [0.717, 1.165) is 18.4 Å². The maximum Gasteiger partial charge on any atom is 1.00 e. The van der Waals surface area contributed by atoms with Crippen molar-refractivity contribution in [1.29, 1.82) is 0 Å². The summed E-state index contributed by atoms with van der Waals surface area (Å²) in [5.41, 5.74) is 1.76. The number of hydrogen-bond donors (Lipinski definition) is 0. The average Bonchev–Trinajstić information content (AvgIpc) is 2.81. The third-order valence-electron chi connectivity index (χ3n) is 5.39. The van der Waals surface area contributed by atoms with Crippen LogP contribution in [0.3, 0.4) is 0 Å². The molecule has 12 heteroatoms. The van der Waals surface area contributed by atoms with E-state index in [1.807, 2.05) is 13.0 Å². The van der Waals surface area contributed by atoms with Gasteiger partial charge >= 0.3 is 59.1 Å². The molecule has 9 nitrogen and oxygen atoms in total. The fourth-order valence-corrected chi connectivity index (χ4v) is 4.18. The van der Waals surface area contributed by atoms with E-state index in [9.17, 15) is 19.1 Å². The monoisotopic (exact) mass is 519 g/mol. The minimum absolute atomic E-state index is 0. The number of pyridine rings is 1. The third kappa shape index (κ3) is 6.93. The van der Waals surface area contributed by atoms with Crippen LogP contribution in [0, 0.1) is 0 Å². The van der Waals surface area contributed by atoms with Crippen LogP contribution in [0.25, 0.3) is 22.0 Å². The molecule has 0 fully saturated rings. The summed E-state index contributed by atoms with van der Waals surface area (Å²) in [6.07, 6.45) is 3.72. The molecule has 0 saturated heterocycles. The van der Waals surface area contributed by atoms with Crippen molar-refractivity contribution in [2.75, 3.05) is 20.3 Å². The van der Waals surface area contributed by atoms with Gasteiger partial charge in [-0.1, -0.05) is 19.1 Å². The first-order valence-electron chi connectivity index (χ1n) is 10.6. The molecule has 0 spiro atoms. The number of aromatic nitrogens is 1. The van der Waals surface area contributed by atoms with Gasteiger partial charge in [0.25, 0.3) is 0 Å². The predicted molar refractivity (Wildman–Crippen MR) is 118 cm³/mol. The minimum Gasteiger partial charge on any atom is -0.790 e. The molecule has 1 aliphatic heterocycles.